The van der Waals surface area contributed by atoms with Gasteiger partial charge in [0.05, 0.1) is 22.1 Å². The molecule has 2 nitrogen and oxygen atoms in total. The van der Waals surface area contributed by atoms with Gasteiger partial charge in [-0.15, -0.1) is 0 Å². The molecule has 2 heterocycles. The molecule has 2 aromatic heterocycles. The summed E-state index contributed by atoms with van der Waals surface area (Å²) >= 11 is 0. The third kappa shape index (κ3) is 4.03. The Labute approximate surface area is 262 Å². The quantitative estimate of drug-likeness (QED) is 0.198. The Morgan fingerprint density at radius 1 is 0.356 bits per heavy atom. The maximum Gasteiger partial charge on any atom is 0.0641 e. The Morgan fingerprint density at radius 3 is 1.56 bits per heavy atom. The number of para-hydroxylation sites is 2. The maximum absolute atomic E-state index is 2.50. The van der Waals surface area contributed by atoms with Crippen LogP contribution in [-0.2, 0) is 0 Å². The van der Waals surface area contributed by atoms with Crippen LogP contribution in [-0.4, -0.2) is 9.13 Å². The molecule has 0 aliphatic heterocycles. The fourth-order valence-electron chi connectivity index (χ4n) is 7.08. The zero-order valence-electron chi connectivity index (χ0n) is 25.0. The molecular weight excluding hydrogens is 544 g/mol. The van der Waals surface area contributed by atoms with Crippen LogP contribution in [0, 0.1) is 6.92 Å². The third-order valence-electron chi connectivity index (χ3n) is 9.15. The van der Waals surface area contributed by atoms with Crippen molar-refractivity contribution in [3.05, 3.63) is 169 Å². The van der Waals surface area contributed by atoms with Gasteiger partial charge in [0.2, 0.25) is 0 Å². The zero-order chi connectivity index (χ0) is 29.9. The van der Waals surface area contributed by atoms with E-state index in [-0.39, 0.29) is 0 Å². The molecular formula is C43H30N2. The molecule has 9 rings (SSSR count). The first-order valence-corrected chi connectivity index (χ1v) is 15.5. The van der Waals surface area contributed by atoms with E-state index in [4.69, 9.17) is 0 Å². The topological polar surface area (TPSA) is 9.86 Å². The lowest BCUT2D eigenvalue weighted by molar-refractivity contribution is 1.17. The van der Waals surface area contributed by atoms with Crippen molar-refractivity contribution in [3.63, 3.8) is 0 Å². The standard InChI is InChI=1S/C43H30N2/c1-29-20-22-34(23-21-29)44-40-19-11-9-17-38(40)42-41(44)25-24-37-36-16-8-10-18-39(36)45(43(37)42)35-27-32(30-12-4-2-5-13-30)26-33(28-35)31-14-6-3-7-15-31/h2-28H,1H3. The lowest BCUT2D eigenvalue weighted by Crippen LogP contribution is -1.97. The largest absolute Gasteiger partial charge is 0.309 e. The molecule has 0 saturated heterocycles. The van der Waals surface area contributed by atoms with E-state index in [0.717, 1.165) is 5.69 Å². The van der Waals surface area contributed by atoms with Crippen molar-refractivity contribution in [3.8, 4) is 33.6 Å². The molecule has 0 radical (unpaired) electrons. The molecule has 9 aromatic rings. The van der Waals surface area contributed by atoms with Gasteiger partial charge in [-0.2, -0.15) is 0 Å². The molecule has 7 aromatic carbocycles. The monoisotopic (exact) mass is 574 g/mol. The number of aryl methyl sites for hydroxylation is 1. The van der Waals surface area contributed by atoms with Gasteiger partial charge in [-0.3, -0.25) is 0 Å². The van der Waals surface area contributed by atoms with Crippen LogP contribution in [0.1, 0.15) is 5.56 Å². The average molecular weight is 575 g/mol. The average Bonchev–Trinajstić information content (AvgIpc) is 3.62. The summed E-state index contributed by atoms with van der Waals surface area (Å²) in [5.74, 6) is 0. The van der Waals surface area contributed by atoms with Gasteiger partial charge in [-0.1, -0.05) is 121 Å². The lowest BCUT2D eigenvalue weighted by atomic mass is 9.98. The van der Waals surface area contributed by atoms with E-state index < -0.39 is 0 Å². The van der Waals surface area contributed by atoms with Gasteiger partial charge in [-0.05, 0) is 77.7 Å². The Kier molecular flexibility index (Phi) is 5.76. The van der Waals surface area contributed by atoms with Crippen molar-refractivity contribution in [2.24, 2.45) is 0 Å². The zero-order valence-corrected chi connectivity index (χ0v) is 25.0. The minimum absolute atomic E-state index is 1.15. The van der Waals surface area contributed by atoms with Gasteiger partial charge < -0.3 is 9.13 Å². The van der Waals surface area contributed by atoms with Crippen LogP contribution < -0.4 is 0 Å². The predicted molar refractivity (Wildman–Crippen MR) is 191 cm³/mol. The minimum Gasteiger partial charge on any atom is -0.309 e. The van der Waals surface area contributed by atoms with Crippen LogP contribution >= 0.6 is 0 Å². The molecule has 0 atom stereocenters. The summed E-state index contributed by atoms with van der Waals surface area (Å²) in [6, 6.07) is 59.6. The first-order chi connectivity index (χ1) is 22.2. The number of benzene rings is 7. The van der Waals surface area contributed by atoms with Crippen molar-refractivity contribution < 1.29 is 0 Å². The van der Waals surface area contributed by atoms with Gasteiger partial charge >= 0.3 is 0 Å². The summed E-state index contributed by atoms with van der Waals surface area (Å²) < 4.78 is 4.92. The van der Waals surface area contributed by atoms with Gasteiger partial charge in [0.25, 0.3) is 0 Å². The first kappa shape index (κ1) is 25.6. The second kappa shape index (κ2) is 10.1. The van der Waals surface area contributed by atoms with E-state index in [1.807, 2.05) is 0 Å². The van der Waals surface area contributed by atoms with E-state index in [9.17, 15) is 0 Å². The van der Waals surface area contributed by atoms with Crippen molar-refractivity contribution in [2.75, 3.05) is 0 Å². The molecule has 0 amide bonds. The molecule has 0 fully saturated rings. The van der Waals surface area contributed by atoms with Crippen LogP contribution in [0.2, 0.25) is 0 Å². The van der Waals surface area contributed by atoms with Crippen molar-refractivity contribution in [1.29, 1.82) is 0 Å². The molecule has 0 bridgehead atoms. The number of hydrogen-bond donors (Lipinski definition) is 0. The van der Waals surface area contributed by atoms with Crippen LogP contribution in [0.25, 0.3) is 77.2 Å². The molecule has 0 unspecified atom stereocenters. The Bertz CT molecular complexity index is 2460. The molecule has 45 heavy (non-hydrogen) atoms. The van der Waals surface area contributed by atoms with Crippen molar-refractivity contribution >= 4 is 43.6 Å². The molecule has 0 aliphatic rings. The summed E-state index contributed by atoms with van der Waals surface area (Å²) in [4.78, 5) is 0. The second-order valence-corrected chi connectivity index (χ2v) is 11.9. The number of rotatable bonds is 4. The summed E-state index contributed by atoms with van der Waals surface area (Å²) in [5, 5.41) is 5.04. The van der Waals surface area contributed by atoms with Crippen LogP contribution in [0.4, 0.5) is 0 Å². The van der Waals surface area contributed by atoms with Gasteiger partial charge in [-0.25, -0.2) is 0 Å². The SMILES string of the molecule is Cc1ccc(-n2c3ccccc3c3c2ccc2c4ccccc4n(-c4cc(-c5ccccc5)cc(-c5ccccc5)c4)c23)cc1. The highest BCUT2D eigenvalue weighted by Gasteiger charge is 2.21. The Morgan fingerprint density at radius 2 is 0.911 bits per heavy atom. The third-order valence-corrected chi connectivity index (χ3v) is 9.15. The number of nitrogens with zero attached hydrogens (tertiary/aromatic N) is 2. The van der Waals surface area contributed by atoms with E-state index in [1.54, 1.807) is 0 Å². The van der Waals surface area contributed by atoms with Gasteiger partial charge in [0.15, 0.2) is 0 Å². The van der Waals surface area contributed by atoms with E-state index >= 15 is 0 Å². The van der Waals surface area contributed by atoms with Crippen LogP contribution in [0.3, 0.4) is 0 Å². The number of aromatic nitrogens is 2. The maximum atomic E-state index is 2.50. The van der Waals surface area contributed by atoms with Gasteiger partial charge in [0, 0.05) is 32.9 Å². The Balaban J connectivity index is 1.45. The highest BCUT2D eigenvalue weighted by molar-refractivity contribution is 6.26. The lowest BCUT2D eigenvalue weighted by Gasteiger charge is -2.15. The highest BCUT2D eigenvalue weighted by Crippen LogP contribution is 2.43. The normalized spacial score (nSPS) is 11.7. The highest BCUT2D eigenvalue weighted by atomic mass is 15.0. The Hall–Kier alpha value is -5.86. The van der Waals surface area contributed by atoms with Crippen LogP contribution in [0.5, 0.6) is 0 Å². The number of fused-ring (bicyclic) bond motifs is 7. The van der Waals surface area contributed by atoms with E-state index in [0.29, 0.717) is 0 Å². The first-order valence-electron chi connectivity index (χ1n) is 15.5. The summed E-state index contributed by atoms with van der Waals surface area (Å²) in [7, 11) is 0. The smallest absolute Gasteiger partial charge is 0.0641 e. The summed E-state index contributed by atoms with van der Waals surface area (Å²) in [6.07, 6.45) is 0. The van der Waals surface area contributed by atoms with Crippen LogP contribution in [0.15, 0.2) is 164 Å². The fourth-order valence-corrected chi connectivity index (χ4v) is 7.08. The molecule has 0 saturated carbocycles. The minimum atomic E-state index is 1.15. The summed E-state index contributed by atoms with van der Waals surface area (Å²) in [5.41, 5.74) is 13.3. The van der Waals surface area contributed by atoms with Crippen molar-refractivity contribution in [2.45, 2.75) is 6.92 Å². The molecule has 0 aliphatic carbocycles. The molecule has 2 heteroatoms. The second-order valence-electron chi connectivity index (χ2n) is 11.9. The van der Waals surface area contributed by atoms with E-state index in [1.165, 1.54) is 77.1 Å². The summed E-state index contributed by atoms with van der Waals surface area (Å²) in [6.45, 7) is 2.14. The van der Waals surface area contributed by atoms with Crippen molar-refractivity contribution in [1.82, 2.24) is 9.13 Å². The number of hydrogen-bond acceptors (Lipinski definition) is 0. The predicted octanol–water partition coefficient (Wildman–Crippen LogP) is 11.5. The van der Waals surface area contributed by atoms with Gasteiger partial charge in [0.1, 0.15) is 0 Å². The fraction of sp³-hybridized carbons (Fsp3) is 0.0233. The molecule has 212 valence electrons. The van der Waals surface area contributed by atoms with E-state index in [2.05, 4.69) is 180 Å². The molecule has 0 spiro atoms. The molecule has 0 N–H and O–H groups in total.